The highest BCUT2D eigenvalue weighted by atomic mass is 35.5. The van der Waals surface area contributed by atoms with Crippen LogP contribution in [0.3, 0.4) is 0 Å². The predicted molar refractivity (Wildman–Crippen MR) is 120 cm³/mol. The molecule has 1 atom stereocenters. The lowest BCUT2D eigenvalue weighted by atomic mass is 9.79. The Morgan fingerprint density at radius 3 is 2.42 bits per heavy atom. The second kappa shape index (κ2) is 9.16. The van der Waals surface area contributed by atoms with Gasteiger partial charge in [-0.25, -0.2) is 4.98 Å². The number of aromatic nitrogens is 1. The summed E-state index contributed by atoms with van der Waals surface area (Å²) in [6.07, 6.45) is 1.22. The van der Waals surface area contributed by atoms with E-state index in [0.29, 0.717) is 16.9 Å². The first kappa shape index (κ1) is 23.5. The number of aliphatic hydroxyl groups excluding tert-OH is 1. The molecule has 1 fully saturated rings. The molecule has 0 spiro atoms. The summed E-state index contributed by atoms with van der Waals surface area (Å²) < 4.78 is 17.4. The minimum absolute atomic E-state index is 0.205. The van der Waals surface area contributed by atoms with Gasteiger partial charge < -0.3 is 24.5 Å². The second-order valence-electron chi connectivity index (χ2n) is 8.53. The molecule has 0 radical (unpaired) electrons. The minimum atomic E-state index is -0.714. The highest BCUT2D eigenvalue weighted by Crippen LogP contribution is 2.36. The van der Waals surface area contributed by atoms with Gasteiger partial charge in [0, 0.05) is 23.2 Å². The Hall–Kier alpha value is -2.13. The van der Waals surface area contributed by atoms with Crippen molar-refractivity contribution in [2.45, 2.75) is 51.4 Å². The zero-order valence-corrected chi connectivity index (χ0v) is 19.2. The number of ether oxygens (including phenoxy) is 1. The van der Waals surface area contributed by atoms with E-state index < -0.39 is 24.4 Å². The maximum atomic E-state index is 12.8. The van der Waals surface area contributed by atoms with E-state index in [1.165, 1.54) is 7.11 Å². The third-order valence-electron chi connectivity index (χ3n) is 5.79. The van der Waals surface area contributed by atoms with Gasteiger partial charge in [0.05, 0.1) is 24.4 Å². The Balaban J connectivity index is 1.67. The molecule has 2 heterocycles. The number of nitrogens with zero attached hydrogens (tertiary/aromatic N) is 1. The number of hydrogen-bond acceptors (Lipinski definition) is 6. The van der Waals surface area contributed by atoms with Gasteiger partial charge in [0.1, 0.15) is 5.56 Å². The topological polar surface area (TPSA) is 89.9 Å². The molecule has 0 aliphatic carbocycles. The van der Waals surface area contributed by atoms with Crippen LogP contribution in [0.1, 0.15) is 56.1 Å². The summed E-state index contributed by atoms with van der Waals surface area (Å²) in [5.74, 6) is -0.151. The Morgan fingerprint density at radius 2 is 1.84 bits per heavy atom. The van der Waals surface area contributed by atoms with Crippen molar-refractivity contribution in [1.29, 1.82) is 0 Å². The Labute approximate surface area is 188 Å². The van der Waals surface area contributed by atoms with Crippen molar-refractivity contribution in [3.63, 3.8) is 0 Å². The molecule has 31 heavy (non-hydrogen) atoms. The van der Waals surface area contributed by atoms with E-state index >= 15 is 0 Å². The number of rotatable bonds is 7. The van der Waals surface area contributed by atoms with Crippen molar-refractivity contribution < 1.29 is 23.9 Å². The minimum Gasteiger partial charge on any atom is -0.480 e. The molecule has 0 bridgehead atoms. The standard InChI is InChI=1S/C22H28BClN2O5/c1-21(2)22(3,4)31-23(30-21)15-12-17(20(29-5)26-13-15)19(28)25-11-10-18(27)14-6-8-16(24)9-7-14/h6-9,12-13,18,27H,10-11H2,1-5H3,(H,25,28)/t18-/m0/s1. The van der Waals surface area contributed by atoms with Gasteiger partial charge in [0.2, 0.25) is 5.88 Å². The number of carbonyl (C=O) groups excluding carboxylic acids is 1. The molecule has 2 aromatic rings. The zero-order valence-electron chi connectivity index (χ0n) is 18.4. The fourth-order valence-electron chi connectivity index (χ4n) is 3.17. The van der Waals surface area contributed by atoms with Crippen molar-refractivity contribution in [3.05, 3.63) is 52.7 Å². The van der Waals surface area contributed by atoms with Crippen LogP contribution in [0.25, 0.3) is 0 Å². The Kier molecular flexibility index (Phi) is 6.96. The van der Waals surface area contributed by atoms with E-state index in [2.05, 4.69) is 10.3 Å². The first-order chi connectivity index (χ1) is 14.5. The van der Waals surface area contributed by atoms with E-state index in [4.69, 9.17) is 25.6 Å². The second-order valence-corrected chi connectivity index (χ2v) is 8.96. The summed E-state index contributed by atoms with van der Waals surface area (Å²) in [4.78, 5) is 17.0. The SMILES string of the molecule is COc1ncc(B2OC(C)(C)C(C)(C)O2)cc1C(=O)NCC[C@H](O)c1ccc(Cl)cc1. The highest BCUT2D eigenvalue weighted by molar-refractivity contribution is 6.62. The van der Waals surface area contributed by atoms with Crippen LogP contribution in [0.15, 0.2) is 36.5 Å². The molecule has 1 aromatic carbocycles. The van der Waals surface area contributed by atoms with Gasteiger partial charge in [-0.3, -0.25) is 4.79 Å². The summed E-state index contributed by atoms with van der Waals surface area (Å²) >= 11 is 5.88. The van der Waals surface area contributed by atoms with Gasteiger partial charge in [0.15, 0.2) is 0 Å². The number of methoxy groups -OCH3 is 1. The molecule has 1 aliphatic rings. The third-order valence-corrected chi connectivity index (χ3v) is 6.05. The number of pyridine rings is 1. The molecule has 9 heteroatoms. The van der Waals surface area contributed by atoms with E-state index in [-0.39, 0.29) is 23.9 Å². The van der Waals surface area contributed by atoms with Crippen LogP contribution >= 0.6 is 11.6 Å². The number of halogens is 1. The Bertz CT molecular complexity index is 920. The van der Waals surface area contributed by atoms with Gasteiger partial charge in [0.25, 0.3) is 5.91 Å². The quantitative estimate of drug-likeness (QED) is 0.636. The molecule has 1 amide bonds. The summed E-state index contributed by atoms with van der Waals surface area (Å²) in [5.41, 5.74) is 0.637. The molecule has 3 rings (SSSR count). The summed E-state index contributed by atoms with van der Waals surface area (Å²) in [7, 11) is 0.819. The molecule has 2 N–H and O–H groups in total. The zero-order chi connectivity index (χ0) is 22.8. The average molecular weight is 447 g/mol. The lowest BCUT2D eigenvalue weighted by Gasteiger charge is -2.32. The molecular weight excluding hydrogens is 419 g/mol. The maximum Gasteiger partial charge on any atom is 0.496 e. The van der Waals surface area contributed by atoms with Gasteiger partial charge >= 0.3 is 7.12 Å². The number of amides is 1. The van der Waals surface area contributed by atoms with Crippen molar-refractivity contribution in [2.75, 3.05) is 13.7 Å². The highest BCUT2D eigenvalue weighted by Gasteiger charge is 2.52. The number of benzene rings is 1. The van der Waals surface area contributed by atoms with E-state index in [0.717, 1.165) is 5.56 Å². The molecule has 1 saturated heterocycles. The lowest BCUT2D eigenvalue weighted by molar-refractivity contribution is 0.00578. The molecule has 1 aliphatic heterocycles. The fraction of sp³-hybridized carbons (Fsp3) is 0.455. The third kappa shape index (κ3) is 5.21. The number of nitrogens with one attached hydrogen (secondary N) is 1. The normalized spacial score (nSPS) is 18.0. The van der Waals surface area contributed by atoms with Crippen LogP contribution < -0.4 is 15.5 Å². The molecule has 7 nitrogen and oxygen atoms in total. The summed E-state index contributed by atoms with van der Waals surface area (Å²) in [5, 5.41) is 13.7. The first-order valence-electron chi connectivity index (χ1n) is 10.2. The van der Waals surface area contributed by atoms with Crippen LogP contribution in [0.4, 0.5) is 0 Å². The van der Waals surface area contributed by atoms with Crippen LogP contribution in [0, 0.1) is 0 Å². The molecular formula is C22H28BClN2O5. The van der Waals surface area contributed by atoms with Gasteiger partial charge in [-0.1, -0.05) is 23.7 Å². The van der Waals surface area contributed by atoms with E-state index in [9.17, 15) is 9.90 Å². The van der Waals surface area contributed by atoms with Crippen LogP contribution in [-0.4, -0.2) is 48.0 Å². The predicted octanol–water partition coefficient (Wildman–Crippen LogP) is 2.90. The number of aliphatic hydroxyl groups is 1. The van der Waals surface area contributed by atoms with E-state index in [1.54, 1.807) is 36.5 Å². The Morgan fingerprint density at radius 1 is 1.23 bits per heavy atom. The molecule has 0 saturated carbocycles. The van der Waals surface area contributed by atoms with Crippen molar-refractivity contribution in [2.24, 2.45) is 0 Å². The van der Waals surface area contributed by atoms with Crippen LogP contribution in [0.5, 0.6) is 5.88 Å². The van der Waals surface area contributed by atoms with Crippen LogP contribution in [-0.2, 0) is 9.31 Å². The maximum absolute atomic E-state index is 12.8. The fourth-order valence-corrected chi connectivity index (χ4v) is 3.30. The number of hydrogen-bond donors (Lipinski definition) is 2. The van der Waals surface area contributed by atoms with Crippen molar-refractivity contribution >= 4 is 30.1 Å². The smallest absolute Gasteiger partial charge is 0.480 e. The lowest BCUT2D eigenvalue weighted by Crippen LogP contribution is -2.41. The van der Waals surface area contributed by atoms with Gasteiger partial charge in [-0.15, -0.1) is 0 Å². The molecule has 0 unspecified atom stereocenters. The average Bonchev–Trinajstić information content (AvgIpc) is 2.94. The number of carbonyl (C=O) groups is 1. The van der Waals surface area contributed by atoms with Gasteiger partial charge in [-0.05, 0) is 57.9 Å². The summed E-state index contributed by atoms with van der Waals surface area (Å²) in [6, 6.07) is 8.62. The van der Waals surface area contributed by atoms with Crippen LogP contribution in [0.2, 0.25) is 5.02 Å². The van der Waals surface area contributed by atoms with E-state index in [1.807, 2.05) is 27.7 Å². The van der Waals surface area contributed by atoms with Crippen molar-refractivity contribution in [1.82, 2.24) is 10.3 Å². The largest absolute Gasteiger partial charge is 0.496 e. The first-order valence-corrected chi connectivity index (χ1v) is 10.5. The molecule has 1 aromatic heterocycles. The monoisotopic (exact) mass is 446 g/mol. The van der Waals surface area contributed by atoms with Gasteiger partial charge in [-0.2, -0.15) is 0 Å². The summed E-state index contributed by atoms with van der Waals surface area (Å²) in [6.45, 7) is 8.12. The molecule has 166 valence electrons. The van der Waals surface area contributed by atoms with Crippen molar-refractivity contribution in [3.8, 4) is 5.88 Å².